The molecule has 2 saturated heterocycles. The van der Waals surface area contributed by atoms with E-state index in [4.69, 9.17) is 9.47 Å². The van der Waals surface area contributed by atoms with Gasteiger partial charge < -0.3 is 19.5 Å². The minimum Gasteiger partial charge on any atom is -0.497 e. The van der Waals surface area contributed by atoms with Crippen molar-refractivity contribution >= 4 is 11.7 Å². The van der Waals surface area contributed by atoms with E-state index in [1.54, 1.807) is 14.2 Å². The Morgan fingerprint density at radius 3 is 2.37 bits per heavy atom. The van der Waals surface area contributed by atoms with E-state index in [-0.39, 0.29) is 12.1 Å². The van der Waals surface area contributed by atoms with Gasteiger partial charge in [-0.25, -0.2) is 0 Å². The second kappa shape index (κ2) is 6.80. The molecule has 0 aliphatic carbocycles. The van der Waals surface area contributed by atoms with Gasteiger partial charge >= 0.3 is 5.97 Å². The number of carboxylic acids is 1. The zero-order valence-corrected chi connectivity index (χ0v) is 15.7. The minimum absolute atomic E-state index is 0.183. The molecule has 0 spiro atoms. The van der Waals surface area contributed by atoms with Gasteiger partial charge in [-0.3, -0.25) is 4.79 Å². The zero-order valence-electron chi connectivity index (χ0n) is 15.7. The number of piperidine rings is 1. The molecule has 2 atom stereocenters. The molecule has 5 nitrogen and oxygen atoms in total. The van der Waals surface area contributed by atoms with Crippen molar-refractivity contribution in [2.75, 3.05) is 19.1 Å². The van der Waals surface area contributed by atoms with Crippen LogP contribution >= 0.6 is 0 Å². The predicted molar refractivity (Wildman–Crippen MR) is 104 cm³/mol. The van der Waals surface area contributed by atoms with E-state index in [9.17, 15) is 9.90 Å². The number of anilines is 1. The molecule has 2 heterocycles. The third-order valence-corrected chi connectivity index (χ3v) is 6.18. The molecule has 2 fully saturated rings. The van der Waals surface area contributed by atoms with Crippen molar-refractivity contribution in [2.45, 2.75) is 43.2 Å². The number of fused-ring (bicyclic) bond motifs is 2. The first-order valence-corrected chi connectivity index (χ1v) is 9.38. The van der Waals surface area contributed by atoms with Crippen LogP contribution in [0.5, 0.6) is 11.5 Å². The van der Waals surface area contributed by atoms with Crippen molar-refractivity contribution in [1.82, 2.24) is 0 Å². The second-order valence-electron chi connectivity index (χ2n) is 7.49. The summed E-state index contributed by atoms with van der Waals surface area (Å²) < 4.78 is 10.9. The number of rotatable bonds is 5. The Labute approximate surface area is 159 Å². The summed E-state index contributed by atoms with van der Waals surface area (Å²) in [7, 11) is 3.29. The normalized spacial score (nSPS) is 26.7. The molecule has 27 heavy (non-hydrogen) atoms. The van der Waals surface area contributed by atoms with Crippen molar-refractivity contribution in [1.29, 1.82) is 0 Å². The summed E-state index contributed by atoms with van der Waals surface area (Å²) in [6.07, 6.45) is 3.18. The number of nitrogens with zero attached hydrogens (tertiary/aromatic N) is 1. The SMILES string of the molecule is COc1cccc(C2(C(=O)O)CC3CCC(C2)N3c2ccccc2OC)c1. The van der Waals surface area contributed by atoms with Gasteiger partial charge in [-0.15, -0.1) is 0 Å². The fourth-order valence-electron chi connectivity index (χ4n) is 4.94. The Morgan fingerprint density at radius 2 is 1.74 bits per heavy atom. The molecule has 0 amide bonds. The maximum atomic E-state index is 12.5. The minimum atomic E-state index is -0.876. The molecule has 5 heteroatoms. The molecule has 2 unspecified atom stereocenters. The van der Waals surface area contributed by atoms with Gasteiger partial charge in [0.2, 0.25) is 0 Å². The van der Waals surface area contributed by atoms with E-state index in [1.165, 1.54) is 0 Å². The lowest BCUT2D eigenvalue weighted by Crippen LogP contribution is -2.53. The number of methoxy groups -OCH3 is 2. The third-order valence-electron chi connectivity index (χ3n) is 6.18. The first-order valence-electron chi connectivity index (χ1n) is 9.38. The zero-order chi connectivity index (χ0) is 19.0. The number of hydrogen-bond acceptors (Lipinski definition) is 4. The van der Waals surface area contributed by atoms with Gasteiger partial charge in [0.25, 0.3) is 0 Å². The molecule has 2 aliphatic rings. The molecule has 0 radical (unpaired) electrons. The number of para-hydroxylation sites is 2. The highest BCUT2D eigenvalue weighted by Gasteiger charge is 2.53. The molecule has 0 saturated carbocycles. The molecular weight excluding hydrogens is 342 g/mol. The van der Waals surface area contributed by atoms with Crippen LogP contribution in [0.15, 0.2) is 48.5 Å². The summed E-state index contributed by atoms with van der Waals surface area (Å²) >= 11 is 0. The average molecular weight is 367 g/mol. The molecule has 142 valence electrons. The Balaban J connectivity index is 1.73. The quantitative estimate of drug-likeness (QED) is 0.870. The molecule has 2 aliphatic heterocycles. The highest BCUT2D eigenvalue weighted by Crippen LogP contribution is 2.50. The van der Waals surface area contributed by atoms with Crippen molar-refractivity contribution in [3.8, 4) is 11.5 Å². The van der Waals surface area contributed by atoms with Crippen molar-refractivity contribution in [3.63, 3.8) is 0 Å². The monoisotopic (exact) mass is 367 g/mol. The number of carbonyl (C=O) groups is 1. The first-order chi connectivity index (χ1) is 13.1. The standard InChI is InChI=1S/C22H25NO4/c1-26-18-7-5-6-15(12-18)22(21(24)25)13-16-10-11-17(14-22)23(16)19-8-3-4-9-20(19)27-2/h3-9,12,16-17H,10-11,13-14H2,1-2H3,(H,24,25). The van der Waals surface area contributed by atoms with Crippen LogP contribution < -0.4 is 14.4 Å². The van der Waals surface area contributed by atoms with Gasteiger partial charge in [0.1, 0.15) is 11.5 Å². The smallest absolute Gasteiger partial charge is 0.314 e. The van der Waals surface area contributed by atoms with Crippen LogP contribution in [0.3, 0.4) is 0 Å². The summed E-state index contributed by atoms with van der Waals surface area (Å²) in [4.78, 5) is 14.9. The Kier molecular flexibility index (Phi) is 4.46. The lowest BCUT2D eigenvalue weighted by Gasteiger charge is -2.46. The van der Waals surface area contributed by atoms with Crippen LogP contribution in [0.2, 0.25) is 0 Å². The summed E-state index contributed by atoms with van der Waals surface area (Å²) in [6.45, 7) is 0. The van der Waals surface area contributed by atoms with Gasteiger partial charge in [-0.1, -0.05) is 24.3 Å². The molecule has 1 N–H and O–H groups in total. The summed E-state index contributed by atoms with van der Waals surface area (Å²) in [5.74, 6) is 0.804. The van der Waals surface area contributed by atoms with Gasteiger partial charge in [0, 0.05) is 12.1 Å². The number of carboxylic acid groups (broad SMARTS) is 1. The fourth-order valence-corrected chi connectivity index (χ4v) is 4.94. The van der Waals surface area contributed by atoms with Crippen LogP contribution in [0.1, 0.15) is 31.2 Å². The summed E-state index contributed by atoms with van der Waals surface area (Å²) in [5.41, 5.74) is 1.03. The van der Waals surface area contributed by atoms with Crippen molar-refractivity contribution in [3.05, 3.63) is 54.1 Å². The van der Waals surface area contributed by atoms with Crippen molar-refractivity contribution < 1.29 is 19.4 Å². The van der Waals surface area contributed by atoms with Crippen LogP contribution in [0.25, 0.3) is 0 Å². The van der Waals surface area contributed by atoms with E-state index in [2.05, 4.69) is 11.0 Å². The molecule has 4 rings (SSSR count). The van der Waals surface area contributed by atoms with Crippen LogP contribution in [0.4, 0.5) is 5.69 Å². The van der Waals surface area contributed by atoms with Gasteiger partial charge in [0.05, 0.1) is 25.3 Å². The molecule has 2 bridgehead atoms. The topological polar surface area (TPSA) is 59.0 Å². The summed E-state index contributed by atoms with van der Waals surface area (Å²) in [5, 5.41) is 10.2. The highest BCUT2D eigenvalue weighted by molar-refractivity contribution is 5.83. The second-order valence-corrected chi connectivity index (χ2v) is 7.49. The number of hydrogen-bond donors (Lipinski definition) is 1. The van der Waals surface area contributed by atoms with Crippen LogP contribution in [-0.2, 0) is 10.2 Å². The van der Waals surface area contributed by atoms with E-state index < -0.39 is 11.4 Å². The lowest BCUT2D eigenvalue weighted by atomic mass is 9.69. The average Bonchev–Trinajstić information content (AvgIpc) is 2.97. The largest absolute Gasteiger partial charge is 0.497 e. The Hall–Kier alpha value is -2.69. The molecular formula is C22H25NO4. The Morgan fingerprint density at radius 1 is 1.04 bits per heavy atom. The van der Waals surface area contributed by atoms with E-state index in [0.29, 0.717) is 18.6 Å². The van der Waals surface area contributed by atoms with E-state index >= 15 is 0 Å². The third kappa shape index (κ3) is 2.82. The maximum absolute atomic E-state index is 12.5. The number of aliphatic carboxylic acids is 1. The predicted octanol–water partition coefficient (Wildman–Crippen LogP) is 3.86. The van der Waals surface area contributed by atoms with Gasteiger partial charge in [0.15, 0.2) is 0 Å². The van der Waals surface area contributed by atoms with Crippen molar-refractivity contribution in [2.24, 2.45) is 0 Å². The molecule has 2 aromatic rings. The van der Waals surface area contributed by atoms with E-state index in [1.807, 2.05) is 42.5 Å². The maximum Gasteiger partial charge on any atom is 0.314 e. The van der Waals surface area contributed by atoms with E-state index in [0.717, 1.165) is 29.8 Å². The number of ether oxygens (including phenoxy) is 2. The van der Waals surface area contributed by atoms with Gasteiger partial charge in [-0.2, -0.15) is 0 Å². The fraction of sp³-hybridized carbons (Fsp3) is 0.409. The number of benzene rings is 2. The van der Waals surface area contributed by atoms with Crippen LogP contribution in [0, 0.1) is 0 Å². The highest BCUT2D eigenvalue weighted by atomic mass is 16.5. The lowest BCUT2D eigenvalue weighted by molar-refractivity contribution is -0.145. The van der Waals surface area contributed by atoms with Crippen LogP contribution in [-0.4, -0.2) is 37.4 Å². The first kappa shape index (κ1) is 17.7. The molecule has 2 aromatic carbocycles. The summed E-state index contributed by atoms with van der Waals surface area (Å²) in [6, 6.07) is 15.9. The Bertz CT molecular complexity index is 836. The molecule has 0 aromatic heterocycles. The van der Waals surface area contributed by atoms with Gasteiger partial charge in [-0.05, 0) is 55.5 Å².